The minimum atomic E-state index is -1.13. The van der Waals surface area contributed by atoms with E-state index in [0.717, 1.165) is 10.2 Å². The summed E-state index contributed by atoms with van der Waals surface area (Å²) < 4.78 is 7.95. The van der Waals surface area contributed by atoms with E-state index in [1.165, 1.54) is 4.68 Å². The van der Waals surface area contributed by atoms with E-state index in [-0.39, 0.29) is 12.2 Å². The lowest BCUT2D eigenvalue weighted by molar-refractivity contribution is 0.0689. The summed E-state index contributed by atoms with van der Waals surface area (Å²) in [6.45, 7) is 0.785. The summed E-state index contributed by atoms with van der Waals surface area (Å²) in [5, 5.41) is 16.3. The van der Waals surface area contributed by atoms with Crippen molar-refractivity contribution in [3.05, 3.63) is 40.1 Å². The van der Waals surface area contributed by atoms with Crippen molar-refractivity contribution in [2.75, 3.05) is 6.61 Å². The molecule has 2 aromatic rings. The molecule has 1 aromatic carbocycles. The molecule has 1 aromatic heterocycles. The van der Waals surface area contributed by atoms with Gasteiger partial charge in [0, 0.05) is 11.0 Å². The normalized spacial score (nSPS) is 10.5. The fourth-order valence-corrected chi connectivity index (χ4v) is 1.93. The summed E-state index contributed by atoms with van der Waals surface area (Å²) in [6.07, 6.45) is 0. The van der Waals surface area contributed by atoms with Gasteiger partial charge in [-0.25, -0.2) is 9.48 Å². The van der Waals surface area contributed by atoms with Gasteiger partial charge < -0.3 is 15.6 Å². The molecule has 0 aliphatic carbocycles. The third-order valence-electron chi connectivity index (χ3n) is 2.62. The molecule has 0 amide bonds. The molecule has 0 saturated carbocycles. The molecule has 0 unspecified atom stereocenters. The maximum Gasteiger partial charge on any atom is 0.358 e. The van der Waals surface area contributed by atoms with Crippen LogP contribution in [0.4, 0.5) is 0 Å². The molecule has 3 N–H and O–H groups in total. The zero-order valence-electron chi connectivity index (χ0n) is 10.5. The maximum atomic E-state index is 10.9. The highest BCUT2D eigenvalue weighted by molar-refractivity contribution is 9.10. The number of ether oxygens (including phenoxy) is 1. The van der Waals surface area contributed by atoms with Crippen LogP contribution < -0.4 is 10.5 Å². The standard InChI is InChI=1S/C12H13BrN4O3/c13-8-1-3-9(4-2-8)20-6-5-17-10(7-14)11(12(18)19)15-16-17/h1-4H,5-7,14H2,(H,18,19). The van der Waals surface area contributed by atoms with Gasteiger partial charge in [0.2, 0.25) is 0 Å². The van der Waals surface area contributed by atoms with Crippen LogP contribution in [0.15, 0.2) is 28.7 Å². The first kappa shape index (κ1) is 14.5. The van der Waals surface area contributed by atoms with Crippen LogP contribution in [-0.2, 0) is 13.1 Å². The highest BCUT2D eigenvalue weighted by Gasteiger charge is 2.17. The number of nitrogens with two attached hydrogens (primary N) is 1. The number of halogens is 1. The first-order valence-corrected chi connectivity index (χ1v) is 6.65. The summed E-state index contributed by atoms with van der Waals surface area (Å²) >= 11 is 3.34. The van der Waals surface area contributed by atoms with E-state index in [0.29, 0.717) is 18.8 Å². The van der Waals surface area contributed by atoms with Crippen LogP contribution in [0.2, 0.25) is 0 Å². The Bertz CT molecular complexity index is 597. The van der Waals surface area contributed by atoms with Gasteiger partial charge in [0.05, 0.1) is 12.2 Å². The fraction of sp³-hybridized carbons (Fsp3) is 0.250. The molecule has 0 spiro atoms. The number of aromatic nitrogens is 3. The summed E-state index contributed by atoms with van der Waals surface area (Å²) in [5.74, 6) is -0.411. The number of carbonyl (C=O) groups is 1. The largest absolute Gasteiger partial charge is 0.492 e. The summed E-state index contributed by atoms with van der Waals surface area (Å²) in [6, 6.07) is 7.41. The molecule has 0 atom stereocenters. The van der Waals surface area contributed by atoms with E-state index in [1.807, 2.05) is 24.3 Å². The Morgan fingerprint density at radius 3 is 2.70 bits per heavy atom. The zero-order valence-corrected chi connectivity index (χ0v) is 12.1. The molecule has 8 heteroatoms. The number of carboxylic acids is 1. The van der Waals surface area contributed by atoms with Crippen molar-refractivity contribution in [3.8, 4) is 5.75 Å². The highest BCUT2D eigenvalue weighted by atomic mass is 79.9. The molecule has 0 fully saturated rings. The van der Waals surface area contributed by atoms with Crippen molar-refractivity contribution < 1.29 is 14.6 Å². The van der Waals surface area contributed by atoms with E-state index < -0.39 is 5.97 Å². The van der Waals surface area contributed by atoms with Crippen molar-refractivity contribution >= 4 is 21.9 Å². The van der Waals surface area contributed by atoms with Crippen LogP contribution in [-0.4, -0.2) is 32.7 Å². The summed E-state index contributed by atoms with van der Waals surface area (Å²) in [7, 11) is 0. The Balaban J connectivity index is 1.97. The quantitative estimate of drug-likeness (QED) is 0.820. The van der Waals surface area contributed by atoms with Gasteiger partial charge in [0.25, 0.3) is 0 Å². The number of aromatic carboxylic acids is 1. The summed E-state index contributed by atoms with van der Waals surface area (Å²) in [5.41, 5.74) is 5.79. The Labute approximate surface area is 123 Å². The minimum absolute atomic E-state index is 0.0624. The summed E-state index contributed by atoms with van der Waals surface area (Å²) in [4.78, 5) is 10.9. The maximum absolute atomic E-state index is 10.9. The predicted octanol–water partition coefficient (Wildman–Crippen LogP) is 1.28. The number of carboxylic acid groups (broad SMARTS) is 1. The number of nitrogens with zero attached hydrogens (tertiary/aromatic N) is 3. The van der Waals surface area contributed by atoms with E-state index in [4.69, 9.17) is 15.6 Å². The van der Waals surface area contributed by atoms with Crippen LogP contribution in [0.3, 0.4) is 0 Å². The smallest absolute Gasteiger partial charge is 0.358 e. The van der Waals surface area contributed by atoms with Crippen molar-refractivity contribution in [2.24, 2.45) is 5.73 Å². The van der Waals surface area contributed by atoms with Gasteiger partial charge in [-0.05, 0) is 24.3 Å². The third kappa shape index (κ3) is 3.34. The van der Waals surface area contributed by atoms with Crippen molar-refractivity contribution in [1.82, 2.24) is 15.0 Å². The van der Waals surface area contributed by atoms with Crippen LogP contribution >= 0.6 is 15.9 Å². The predicted molar refractivity (Wildman–Crippen MR) is 74.5 cm³/mol. The molecule has 0 aliphatic rings. The number of benzene rings is 1. The second-order valence-corrected chi connectivity index (χ2v) is 4.84. The molecule has 0 aliphatic heterocycles. The topological polar surface area (TPSA) is 103 Å². The van der Waals surface area contributed by atoms with Gasteiger partial charge >= 0.3 is 5.97 Å². The van der Waals surface area contributed by atoms with E-state index in [2.05, 4.69) is 26.2 Å². The van der Waals surface area contributed by atoms with Gasteiger partial charge in [-0.15, -0.1) is 5.10 Å². The molecule has 7 nitrogen and oxygen atoms in total. The van der Waals surface area contributed by atoms with E-state index in [1.54, 1.807) is 0 Å². The lowest BCUT2D eigenvalue weighted by atomic mass is 10.3. The van der Waals surface area contributed by atoms with Gasteiger partial charge in [0.15, 0.2) is 5.69 Å². The molecule has 106 valence electrons. The fourth-order valence-electron chi connectivity index (χ4n) is 1.66. The van der Waals surface area contributed by atoms with Crippen molar-refractivity contribution in [1.29, 1.82) is 0 Å². The molecule has 20 heavy (non-hydrogen) atoms. The van der Waals surface area contributed by atoms with Gasteiger partial charge in [-0.3, -0.25) is 0 Å². The van der Waals surface area contributed by atoms with Crippen molar-refractivity contribution in [3.63, 3.8) is 0 Å². The molecule has 2 rings (SSSR count). The Morgan fingerprint density at radius 1 is 1.40 bits per heavy atom. The first-order chi connectivity index (χ1) is 9.61. The van der Waals surface area contributed by atoms with E-state index >= 15 is 0 Å². The van der Waals surface area contributed by atoms with Gasteiger partial charge in [-0.1, -0.05) is 21.1 Å². The average molecular weight is 341 g/mol. The monoisotopic (exact) mass is 340 g/mol. The second kappa shape index (κ2) is 6.49. The molecule has 0 saturated heterocycles. The molecular formula is C12H13BrN4O3. The zero-order chi connectivity index (χ0) is 14.5. The molecule has 0 bridgehead atoms. The second-order valence-electron chi connectivity index (χ2n) is 3.92. The van der Waals surface area contributed by atoms with Crippen LogP contribution in [0, 0.1) is 0 Å². The first-order valence-electron chi connectivity index (χ1n) is 5.86. The number of hydrogen-bond donors (Lipinski definition) is 2. The number of hydrogen-bond acceptors (Lipinski definition) is 5. The molecule has 0 radical (unpaired) electrons. The van der Waals surface area contributed by atoms with Crippen LogP contribution in [0.1, 0.15) is 16.2 Å². The van der Waals surface area contributed by atoms with E-state index in [9.17, 15) is 4.79 Å². The average Bonchev–Trinajstić information content (AvgIpc) is 2.84. The lowest BCUT2D eigenvalue weighted by Crippen LogP contribution is -2.16. The number of rotatable bonds is 6. The Hall–Kier alpha value is -1.93. The Morgan fingerprint density at radius 2 is 2.10 bits per heavy atom. The van der Waals surface area contributed by atoms with Gasteiger partial charge in [0.1, 0.15) is 12.4 Å². The SMILES string of the molecule is NCc1c(C(=O)O)nnn1CCOc1ccc(Br)cc1. The van der Waals surface area contributed by atoms with Crippen molar-refractivity contribution in [2.45, 2.75) is 13.1 Å². The minimum Gasteiger partial charge on any atom is -0.492 e. The highest BCUT2D eigenvalue weighted by Crippen LogP contribution is 2.16. The van der Waals surface area contributed by atoms with Crippen LogP contribution in [0.25, 0.3) is 0 Å². The third-order valence-corrected chi connectivity index (χ3v) is 3.15. The Kier molecular flexibility index (Phi) is 4.70. The van der Waals surface area contributed by atoms with Gasteiger partial charge in [-0.2, -0.15) is 0 Å². The molecule has 1 heterocycles. The van der Waals surface area contributed by atoms with Crippen LogP contribution in [0.5, 0.6) is 5.75 Å². The molecular weight excluding hydrogens is 328 g/mol. The lowest BCUT2D eigenvalue weighted by Gasteiger charge is -2.08.